The molecule has 3 rings (SSSR count). The van der Waals surface area contributed by atoms with Crippen molar-refractivity contribution in [2.45, 2.75) is 56.4 Å². The van der Waals surface area contributed by atoms with Crippen LogP contribution in [0.1, 0.15) is 45.6 Å². The van der Waals surface area contributed by atoms with Crippen molar-refractivity contribution in [3.63, 3.8) is 0 Å². The number of piperazine rings is 1. The third-order valence-electron chi connectivity index (χ3n) is 5.91. The van der Waals surface area contributed by atoms with Crippen LogP contribution in [0, 0.1) is 0 Å². The van der Waals surface area contributed by atoms with Gasteiger partial charge in [0.15, 0.2) is 0 Å². The van der Waals surface area contributed by atoms with Gasteiger partial charge in [-0.25, -0.2) is 8.42 Å². The first kappa shape index (κ1) is 20.3. The lowest BCUT2D eigenvalue weighted by Gasteiger charge is -2.35. The van der Waals surface area contributed by atoms with Crippen molar-refractivity contribution in [2.75, 3.05) is 32.8 Å². The molecule has 7 heteroatoms. The van der Waals surface area contributed by atoms with E-state index in [4.69, 9.17) is 4.74 Å². The fourth-order valence-electron chi connectivity index (χ4n) is 3.56. The molecule has 0 radical (unpaired) electrons. The van der Waals surface area contributed by atoms with E-state index in [0.717, 1.165) is 24.8 Å². The molecule has 1 unspecified atom stereocenters. The largest absolute Gasteiger partial charge is 0.368 e. The van der Waals surface area contributed by atoms with Gasteiger partial charge in [0.1, 0.15) is 6.10 Å². The molecule has 2 saturated heterocycles. The predicted molar refractivity (Wildman–Crippen MR) is 104 cm³/mol. The molecule has 6 nitrogen and oxygen atoms in total. The van der Waals surface area contributed by atoms with Crippen molar-refractivity contribution in [1.82, 2.24) is 9.21 Å². The van der Waals surface area contributed by atoms with Crippen molar-refractivity contribution in [3.8, 4) is 0 Å². The molecule has 0 bridgehead atoms. The third-order valence-corrected chi connectivity index (χ3v) is 7.83. The summed E-state index contributed by atoms with van der Waals surface area (Å²) in [5.41, 5.74) is 1.16. The Hall–Kier alpha value is -1.44. The van der Waals surface area contributed by atoms with Crippen LogP contribution in [0.2, 0.25) is 0 Å². The van der Waals surface area contributed by atoms with Crippen molar-refractivity contribution < 1.29 is 17.9 Å². The first-order valence-electron chi connectivity index (χ1n) is 9.77. The summed E-state index contributed by atoms with van der Waals surface area (Å²) in [7, 11) is -3.54. The van der Waals surface area contributed by atoms with Crippen LogP contribution in [0.4, 0.5) is 0 Å². The average Bonchev–Trinajstić information content (AvgIpc) is 3.22. The number of ether oxygens (including phenoxy) is 1. The molecule has 2 aliphatic rings. The van der Waals surface area contributed by atoms with Gasteiger partial charge in [-0.15, -0.1) is 0 Å². The zero-order valence-corrected chi connectivity index (χ0v) is 17.3. The molecule has 150 valence electrons. The Kier molecular flexibility index (Phi) is 5.93. The number of sulfonamides is 1. The quantitative estimate of drug-likeness (QED) is 0.769. The molecule has 1 atom stereocenters. The second kappa shape index (κ2) is 7.89. The summed E-state index contributed by atoms with van der Waals surface area (Å²) in [6.45, 7) is 8.54. The summed E-state index contributed by atoms with van der Waals surface area (Å²) in [5.74, 6) is -0.00398. The van der Waals surface area contributed by atoms with Crippen LogP contribution >= 0.6 is 0 Å². The number of hydrogen-bond donors (Lipinski definition) is 0. The normalized spacial score (nSPS) is 22.2. The molecule has 0 spiro atoms. The molecule has 1 amide bonds. The van der Waals surface area contributed by atoms with Crippen LogP contribution in [-0.2, 0) is 25.0 Å². The molecule has 27 heavy (non-hydrogen) atoms. The fourth-order valence-corrected chi connectivity index (χ4v) is 4.98. The van der Waals surface area contributed by atoms with Gasteiger partial charge in [-0.3, -0.25) is 4.79 Å². The summed E-state index contributed by atoms with van der Waals surface area (Å²) in [4.78, 5) is 14.5. The van der Waals surface area contributed by atoms with Gasteiger partial charge >= 0.3 is 0 Å². The molecular formula is C20H30N2O4S. The maximum atomic E-state index is 12.9. The molecular weight excluding hydrogens is 364 g/mol. The topological polar surface area (TPSA) is 66.9 Å². The highest BCUT2D eigenvalue weighted by Gasteiger charge is 2.34. The van der Waals surface area contributed by atoms with E-state index in [9.17, 15) is 13.2 Å². The predicted octanol–water partition coefficient (Wildman–Crippen LogP) is 2.39. The Morgan fingerprint density at radius 2 is 1.78 bits per heavy atom. The van der Waals surface area contributed by atoms with Gasteiger partial charge in [0.2, 0.25) is 10.0 Å². The molecule has 2 aliphatic heterocycles. The third kappa shape index (κ3) is 4.20. The molecule has 1 aromatic rings. The molecule has 1 aromatic carbocycles. The van der Waals surface area contributed by atoms with Gasteiger partial charge in [-0.2, -0.15) is 4.31 Å². The Bertz CT molecular complexity index is 760. The highest BCUT2D eigenvalue weighted by molar-refractivity contribution is 7.89. The monoisotopic (exact) mass is 394 g/mol. The minimum Gasteiger partial charge on any atom is -0.368 e. The Morgan fingerprint density at radius 3 is 2.30 bits per heavy atom. The van der Waals surface area contributed by atoms with E-state index in [0.29, 0.717) is 37.7 Å². The molecule has 0 aromatic heterocycles. The fraction of sp³-hybridized carbons (Fsp3) is 0.650. The summed E-state index contributed by atoms with van der Waals surface area (Å²) in [5, 5.41) is 0. The van der Waals surface area contributed by atoms with Crippen LogP contribution in [0.5, 0.6) is 0 Å². The number of carbonyl (C=O) groups is 1. The summed E-state index contributed by atoms with van der Waals surface area (Å²) < 4.78 is 32.8. The highest BCUT2D eigenvalue weighted by Crippen LogP contribution is 2.28. The standard InChI is InChI=1S/C20H30N2O4S/c1-4-20(2,3)16-7-9-17(10-8-16)27(24,25)22-13-11-21(12-14-22)19(23)18-6-5-15-26-18/h7-10,18H,4-6,11-15H2,1-3H3. The molecule has 0 aliphatic carbocycles. The number of carbonyl (C=O) groups excluding carboxylic acids is 1. The van der Waals surface area contributed by atoms with Crippen molar-refractivity contribution in [2.24, 2.45) is 0 Å². The van der Waals surface area contributed by atoms with Gasteiger partial charge in [0.25, 0.3) is 5.91 Å². The molecule has 0 N–H and O–H groups in total. The second-order valence-electron chi connectivity index (χ2n) is 7.99. The summed E-state index contributed by atoms with van der Waals surface area (Å²) in [6, 6.07) is 7.22. The van der Waals surface area contributed by atoms with E-state index < -0.39 is 10.0 Å². The second-order valence-corrected chi connectivity index (χ2v) is 9.93. The number of rotatable bonds is 5. The molecule has 0 saturated carbocycles. The van der Waals surface area contributed by atoms with Crippen LogP contribution in [0.3, 0.4) is 0 Å². The minimum absolute atomic E-state index is 0.00398. The van der Waals surface area contributed by atoms with Crippen molar-refractivity contribution in [1.29, 1.82) is 0 Å². The summed E-state index contributed by atoms with van der Waals surface area (Å²) >= 11 is 0. The van der Waals surface area contributed by atoms with Gasteiger partial charge in [0.05, 0.1) is 4.90 Å². The summed E-state index contributed by atoms with van der Waals surface area (Å²) in [6.07, 6.45) is 2.32. The van der Waals surface area contributed by atoms with Gasteiger partial charge in [-0.1, -0.05) is 32.9 Å². The van der Waals surface area contributed by atoms with Crippen LogP contribution < -0.4 is 0 Å². The molecule has 2 fully saturated rings. The highest BCUT2D eigenvalue weighted by atomic mass is 32.2. The van der Waals surface area contributed by atoms with Crippen molar-refractivity contribution >= 4 is 15.9 Å². The van der Waals surface area contributed by atoms with E-state index in [2.05, 4.69) is 20.8 Å². The maximum Gasteiger partial charge on any atom is 0.251 e. The zero-order chi connectivity index (χ0) is 19.7. The van der Waals surface area contributed by atoms with Gasteiger partial charge < -0.3 is 9.64 Å². The van der Waals surface area contributed by atoms with E-state index in [1.54, 1.807) is 17.0 Å². The lowest BCUT2D eigenvalue weighted by molar-refractivity contribution is -0.142. The number of hydrogen-bond acceptors (Lipinski definition) is 4. The van der Waals surface area contributed by atoms with E-state index in [-0.39, 0.29) is 17.4 Å². The SMILES string of the molecule is CCC(C)(C)c1ccc(S(=O)(=O)N2CCN(C(=O)C3CCCO3)CC2)cc1. The van der Waals surface area contributed by atoms with Crippen molar-refractivity contribution in [3.05, 3.63) is 29.8 Å². The smallest absolute Gasteiger partial charge is 0.251 e. The van der Waals surface area contributed by atoms with E-state index >= 15 is 0 Å². The average molecular weight is 395 g/mol. The molecule has 2 heterocycles. The Morgan fingerprint density at radius 1 is 1.15 bits per heavy atom. The van der Waals surface area contributed by atoms with Crippen LogP contribution in [0.25, 0.3) is 0 Å². The van der Waals surface area contributed by atoms with E-state index in [1.807, 2.05) is 12.1 Å². The van der Waals surface area contributed by atoms with E-state index in [1.165, 1.54) is 4.31 Å². The van der Waals surface area contributed by atoms with Crippen LogP contribution in [-0.4, -0.2) is 62.4 Å². The lowest BCUT2D eigenvalue weighted by atomic mass is 9.82. The minimum atomic E-state index is -3.54. The van der Waals surface area contributed by atoms with Gasteiger partial charge in [-0.05, 0) is 42.4 Å². The number of benzene rings is 1. The first-order chi connectivity index (χ1) is 12.8. The number of amides is 1. The maximum absolute atomic E-state index is 12.9. The van der Waals surface area contributed by atoms with Gasteiger partial charge in [0, 0.05) is 32.8 Å². The van der Waals surface area contributed by atoms with Crippen LogP contribution in [0.15, 0.2) is 29.2 Å². The Balaban J connectivity index is 1.65. The zero-order valence-electron chi connectivity index (χ0n) is 16.5. The lowest BCUT2D eigenvalue weighted by Crippen LogP contribution is -2.52. The first-order valence-corrected chi connectivity index (χ1v) is 11.2. The number of nitrogens with zero attached hydrogens (tertiary/aromatic N) is 2. The Labute approximate surface area is 162 Å².